The summed E-state index contributed by atoms with van der Waals surface area (Å²) < 4.78 is 13.4. The highest BCUT2D eigenvalue weighted by Crippen LogP contribution is 2.68. The lowest BCUT2D eigenvalue weighted by molar-refractivity contribution is -0.133. The van der Waals surface area contributed by atoms with E-state index in [1.54, 1.807) is 0 Å². The Balaban J connectivity index is 1.43. The fourth-order valence-electron chi connectivity index (χ4n) is 8.95. The minimum absolute atomic E-state index is 0.0630. The number of fused-ring (bicyclic) bond motifs is 6. The first-order valence-electron chi connectivity index (χ1n) is 13.6. The molecule has 1 aromatic heterocycles. The molecule has 0 radical (unpaired) electrons. The van der Waals surface area contributed by atoms with Crippen molar-refractivity contribution in [3.63, 3.8) is 0 Å². The third kappa shape index (κ3) is 3.81. The number of aromatic nitrogens is 2. The summed E-state index contributed by atoms with van der Waals surface area (Å²) in [4.78, 5) is 0. The summed E-state index contributed by atoms with van der Waals surface area (Å²) >= 11 is 0. The second-order valence-electron chi connectivity index (χ2n) is 14.7. The molecule has 1 aromatic rings. The predicted octanol–water partition coefficient (Wildman–Crippen LogP) is 7.19. The Labute approximate surface area is 204 Å². The molecule has 3 fully saturated rings. The average Bonchev–Trinajstić information content (AvgIpc) is 3.14. The second kappa shape index (κ2) is 7.45. The van der Waals surface area contributed by atoms with Crippen LogP contribution in [0.15, 0.2) is 0 Å². The molecule has 0 aliphatic heterocycles. The Morgan fingerprint density at radius 3 is 2.24 bits per heavy atom. The van der Waals surface area contributed by atoms with E-state index in [0.717, 1.165) is 42.4 Å². The van der Waals surface area contributed by atoms with Crippen LogP contribution in [0, 0.1) is 34.5 Å². The van der Waals surface area contributed by atoms with E-state index in [9.17, 15) is 0 Å². The van der Waals surface area contributed by atoms with Crippen molar-refractivity contribution in [1.82, 2.24) is 10.2 Å². The Bertz CT molecular complexity index is 918. The van der Waals surface area contributed by atoms with Gasteiger partial charge in [0.2, 0.25) is 14.2 Å². The van der Waals surface area contributed by atoms with E-state index in [4.69, 9.17) is 8.85 Å². The first-order valence-corrected chi connectivity index (χ1v) is 20.4. The van der Waals surface area contributed by atoms with Crippen LogP contribution in [0.3, 0.4) is 0 Å². The molecule has 0 amide bonds. The van der Waals surface area contributed by atoms with E-state index in [1.165, 1.54) is 49.8 Å². The molecule has 0 bridgehead atoms. The van der Waals surface area contributed by atoms with Gasteiger partial charge in [-0.05, 0) is 132 Å². The van der Waals surface area contributed by atoms with E-state index < -0.39 is 16.6 Å². The minimum atomic E-state index is -1.68. The summed E-state index contributed by atoms with van der Waals surface area (Å²) in [5.74, 6) is 4.20. The van der Waals surface area contributed by atoms with E-state index in [0.29, 0.717) is 10.8 Å². The zero-order valence-electron chi connectivity index (χ0n) is 22.7. The average molecular weight is 489 g/mol. The summed E-state index contributed by atoms with van der Waals surface area (Å²) in [6, 6.07) is 0. The van der Waals surface area contributed by atoms with E-state index >= 15 is 0 Å². The van der Waals surface area contributed by atoms with Crippen LogP contribution < -0.4 is 4.43 Å². The van der Waals surface area contributed by atoms with Crippen LogP contribution in [-0.2, 0) is 17.3 Å². The van der Waals surface area contributed by atoms with Crippen LogP contribution in [0.25, 0.3) is 0 Å². The maximum Gasteiger partial charge on any atom is 0.244 e. The molecule has 6 heteroatoms. The smallest absolute Gasteiger partial charge is 0.244 e. The van der Waals surface area contributed by atoms with Gasteiger partial charge in [0.05, 0.1) is 5.60 Å². The van der Waals surface area contributed by atoms with Crippen molar-refractivity contribution in [3.8, 4) is 5.88 Å². The van der Waals surface area contributed by atoms with Crippen LogP contribution in [0.1, 0.15) is 70.6 Å². The zero-order chi connectivity index (χ0) is 24.0. The summed E-state index contributed by atoms with van der Waals surface area (Å²) in [5.41, 5.74) is 3.54. The van der Waals surface area contributed by atoms with E-state index in [-0.39, 0.29) is 5.60 Å². The molecule has 5 rings (SSSR count). The lowest BCUT2D eigenvalue weighted by Gasteiger charge is -2.61. The maximum absolute atomic E-state index is 6.98. The molecule has 0 saturated heterocycles. The molecule has 7 unspecified atom stereocenters. The van der Waals surface area contributed by atoms with Gasteiger partial charge in [-0.3, -0.25) is 5.10 Å². The molecule has 1 heterocycles. The van der Waals surface area contributed by atoms with Gasteiger partial charge in [-0.25, -0.2) is 0 Å². The summed E-state index contributed by atoms with van der Waals surface area (Å²) in [7, 11) is -3.26. The highest BCUT2D eigenvalue weighted by atomic mass is 28.4. The van der Waals surface area contributed by atoms with Gasteiger partial charge in [0.1, 0.15) is 0 Å². The van der Waals surface area contributed by atoms with Crippen molar-refractivity contribution < 1.29 is 8.85 Å². The van der Waals surface area contributed by atoms with Crippen LogP contribution in [0.4, 0.5) is 0 Å². The van der Waals surface area contributed by atoms with Gasteiger partial charge in [-0.15, -0.1) is 5.10 Å². The molecule has 4 nitrogen and oxygen atoms in total. The van der Waals surface area contributed by atoms with E-state index in [1.807, 2.05) is 0 Å². The monoisotopic (exact) mass is 488 g/mol. The molecule has 7 atom stereocenters. The van der Waals surface area contributed by atoms with Crippen molar-refractivity contribution in [1.29, 1.82) is 0 Å². The van der Waals surface area contributed by atoms with Crippen LogP contribution >= 0.6 is 0 Å². The molecule has 4 aliphatic carbocycles. The van der Waals surface area contributed by atoms with Crippen LogP contribution in [0.2, 0.25) is 39.3 Å². The fraction of sp³-hybridized carbons (Fsp3) is 0.889. The Morgan fingerprint density at radius 2 is 1.58 bits per heavy atom. The molecule has 0 aromatic carbocycles. The molecule has 4 aliphatic rings. The third-order valence-corrected chi connectivity index (χ3v) is 12.3. The van der Waals surface area contributed by atoms with Crippen molar-refractivity contribution >= 4 is 16.6 Å². The van der Waals surface area contributed by atoms with Crippen molar-refractivity contribution in [3.05, 3.63) is 11.3 Å². The minimum Gasteiger partial charge on any atom is -0.530 e. The van der Waals surface area contributed by atoms with Crippen LogP contribution in [-0.4, -0.2) is 32.4 Å². The first kappa shape index (κ1) is 24.1. The highest BCUT2D eigenvalue weighted by molar-refractivity contribution is 6.70. The number of nitrogens with one attached hydrogen (secondary N) is 1. The molecular weight excluding hydrogens is 440 g/mol. The van der Waals surface area contributed by atoms with Gasteiger partial charge in [0.25, 0.3) is 0 Å². The lowest BCUT2D eigenvalue weighted by Crippen LogP contribution is -2.58. The lowest BCUT2D eigenvalue weighted by atomic mass is 9.44. The van der Waals surface area contributed by atoms with Gasteiger partial charge in [0.15, 0.2) is 8.32 Å². The van der Waals surface area contributed by atoms with Crippen LogP contribution in [0.5, 0.6) is 5.88 Å². The Kier molecular flexibility index (Phi) is 5.45. The summed E-state index contributed by atoms with van der Waals surface area (Å²) in [6.45, 7) is 21.6. The Hall–Kier alpha value is -0.596. The number of aromatic amines is 1. The van der Waals surface area contributed by atoms with Gasteiger partial charge < -0.3 is 8.85 Å². The third-order valence-electron chi connectivity index (χ3n) is 10.5. The van der Waals surface area contributed by atoms with Crippen molar-refractivity contribution in [2.45, 2.75) is 117 Å². The maximum atomic E-state index is 6.98. The first-order chi connectivity index (χ1) is 15.2. The zero-order valence-corrected chi connectivity index (χ0v) is 24.7. The molecule has 33 heavy (non-hydrogen) atoms. The SMILES string of the molecule is CC12Cc3c(O[Si](C)(C)C)n[nH]c3CC1CCC1C2CCC2(C)C1CCC2(C)O[Si](C)(C)C. The topological polar surface area (TPSA) is 47.1 Å². The van der Waals surface area contributed by atoms with Crippen molar-refractivity contribution in [2.75, 3.05) is 0 Å². The normalized spacial score (nSPS) is 42.8. The summed E-state index contributed by atoms with van der Waals surface area (Å²) in [6.07, 6.45) is 10.4. The fourth-order valence-corrected chi connectivity index (χ4v) is 11.4. The standard InChI is InChI=1S/C27H48N2O2Si2/c1-25-17-20-23(28-29-24(20)30-32(4,5)6)16-18(25)10-11-19-21(25)12-14-26(2)22(19)13-15-27(26,3)31-33(7,8)9/h18-19,21-22H,10-17H2,1-9H3,(H,28,29). The quantitative estimate of drug-likeness (QED) is 0.456. The summed E-state index contributed by atoms with van der Waals surface area (Å²) in [5, 5.41) is 8.05. The van der Waals surface area contributed by atoms with Crippen molar-refractivity contribution in [2.24, 2.45) is 34.5 Å². The predicted molar refractivity (Wildman–Crippen MR) is 141 cm³/mol. The highest BCUT2D eigenvalue weighted by Gasteiger charge is 2.64. The second-order valence-corrected chi connectivity index (χ2v) is 23.5. The largest absolute Gasteiger partial charge is 0.530 e. The number of rotatable bonds is 4. The molecule has 186 valence electrons. The van der Waals surface area contributed by atoms with Gasteiger partial charge in [-0.2, -0.15) is 0 Å². The molecule has 3 saturated carbocycles. The Morgan fingerprint density at radius 1 is 0.879 bits per heavy atom. The number of hydrogen-bond donors (Lipinski definition) is 1. The number of hydrogen-bond acceptors (Lipinski definition) is 3. The van der Waals surface area contributed by atoms with E-state index in [2.05, 4.69) is 70.3 Å². The van der Waals surface area contributed by atoms with Gasteiger partial charge in [0, 0.05) is 11.3 Å². The number of H-pyrrole nitrogens is 1. The molecule has 0 spiro atoms. The molecular formula is C27H48N2O2Si2. The number of nitrogens with zero attached hydrogens (tertiary/aromatic N) is 1. The molecule has 1 N–H and O–H groups in total. The van der Waals surface area contributed by atoms with Gasteiger partial charge >= 0.3 is 0 Å². The van der Waals surface area contributed by atoms with Gasteiger partial charge in [-0.1, -0.05) is 13.8 Å².